The third-order valence-corrected chi connectivity index (χ3v) is 6.36. The van der Waals surface area contributed by atoms with Crippen molar-refractivity contribution >= 4 is 34.0 Å². The van der Waals surface area contributed by atoms with Gasteiger partial charge in [-0.1, -0.05) is 0 Å². The first kappa shape index (κ1) is 20.0. The van der Waals surface area contributed by atoms with Crippen molar-refractivity contribution in [2.24, 2.45) is 0 Å². The van der Waals surface area contributed by atoms with E-state index in [2.05, 4.69) is 4.98 Å². The first-order chi connectivity index (χ1) is 13.5. The van der Waals surface area contributed by atoms with E-state index in [1.54, 1.807) is 0 Å². The molecular formula is C16H9F6N3O2S2. The maximum absolute atomic E-state index is 13.8. The van der Waals surface area contributed by atoms with Crippen LogP contribution in [0.5, 0.6) is 0 Å². The van der Waals surface area contributed by atoms with Crippen LogP contribution in [0.1, 0.15) is 17.7 Å². The molecule has 4 rings (SSSR count). The highest BCUT2D eigenvalue weighted by atomic mass is 32.2. The zero-order valence-corrected chi connectivity index (χ0v) is 15.7. The zero-order chi connectivity index (χ0) is 21.1. The molecule has 2 aromatic heterocycles. The van der Waals surface area contributed by atoms with E-state index in [1.807, 2.05) is 4.98 Å². The van der Waals surface area contributed by atoms with E-state index in [4.69, 9.17) is 0 Å². The maximum Gasteiger partial charge on any atom is 0.434 e. The minimum Gasteiger partial charge on any atom is -0.292 e. The average Bonchev–Trinajstić information content (AvgIpc) is 2.99. The van der Waals surface area contributed by atoms with Crippen molar-refractivity contribution in [3.05, 3.63) is 43.5 Å². The summed E-state index contributed by atoms with van der Waals surface area (Å²) in [6.45, 7) is 0.155. The molecule has 1 aliphatic rings. The molecule has 0 fully saturated rings. The van der Waals surface area contributed by atoms with E-state index >= 15 is 0 Å². The molecule has 5 nitrogen and oxygen atoms in total. The lowest BCUT2D eigenvalue weighted by Gasteiger charge is -2.18. The number of nitrogens with one attached hydrogen (secondary N) is 1. The Balaban J connectivity index is 2.17. The van der Waals surface area contributed by atoms with Gasteiger partial charge in [-0.25, -0.2) is 9.78 Å². The Morgan fingerprint density at radius 1 is 1.10 bits per heavy atom. The quantitative estimate of drug-likeness (QED) is 0.557. The number of aromatic nitrogens is 3. The zero-order valence-electron chi connectivity index (χ0n) is 14.1. The smallest absolute Gasteiger partial charge is 0.292 e. The van der Waals surface area contributed by atoms with Gasteiger partial charge in [0.05, 0.1) is 16.5 Å². The van der Waals surface area contributed by atoms with Crippen LogP contribution in [0.3, 0.4) is 0 Å². The van der Waals surface area contributed by atoms with Crippen LogP contribution in [-0.2, 0) is 18.9 Å². The fourth-order valence-corrected chi connectivity index (χ4v) is 5.27. The Bertz CT molecular complexity index is 1240. The summed E-state index contributed by atoms with van der Waals surface area (Å²) in [6.07, 6.45) is -9.35. The van der Waals surface area contributed by atoms with Crippen LogP contribution in [0.25, 0.3) is 21.5 Å². The molecule has 0 radical (unpaired) electrons. The SMILES string of the molecule is O=c1[nH]c(=O)n2c3c(c(-c4nc(C(F)(F)F)cs4)c(C(F)(F)F)cc13)SCCC2. The van der Waals surface area contributed by atoms with Crippen molar-refractivity contribution in [1.29, 1.82) is 0 Å². The monoisotopic (exact) mass is 453 g/mol. The van der Waals surface area contributed by atoms with E-state index in [1.165, 1.54) is 0 Å². The van der Waals surface area contributed by atoms with Gasteiger partial charge in [0.2, 0.25) is 0 Å². The summed E-state index contributed by atoms with van der Waals surface area (Å²) in [5.41, 5.74) is -4.92. The van der Waals surface area contributed by atoms with Crippen LogP contribution < -0.4 is 11.2 Å². The predicted molar refractivity (Wildman–Crippen MR) is 95.3 cm³/mol. The third kappa shape index (κ3) is 3.35. The van der Waals surface area contributed by atoms with Crippen LogP contribution in [0.2, 0.25) is 0 Å². The normalized spacial score (nSPS) is 15.0. The Morgan fingerprint density at radius 3 is 2.45 bits per heavy atom. The van der Waals surface area contributed by atoms with Gasteiger partial charge in [-0.15, -0.1) is 23.1 Å². The standard InChI is InChI=1S/C16H9F6N3O2S2/c17-15(18,19)7-4-6-10-11(9(7)13-23-8(5-29-13)16(20,21)22)28-3-1-2-25(10)14(27)24-12(6)26/h4-5H,1-3H2,(H,24,26,27). The molecule has 0 amide bonds. The van der Waals surface area contributed by atoms with Gasteiger partial charge in [-0.3, -0.25) is 14.3 Å². The van der Waals surface area contributed by atoms with Gasteiger partial charge in [0.1, 0.15) is 5.01 Å². The molecule has 0 spiro atoms. The van der Waals surface area contributed by atoms with E-state index in [0.717, 1.165) is 16.3 Å². The molecule has 0 atom stereocenters. The van der Waals surface area contributed by atoms with Crippen molar-refractivity contribution in [1.82, 2.24) is 14.5 Å². The molecule has 0 aliphatic carbocycles. The van der Waals surface area contributed by atoms with Crippen LogP contribution >= 0.6 is 23.1 Å². The summed E-state index contributed by atoms with van der Waals surface area (Å²) in [4.78, 5) is 29.7. The van der Waals surface area contributed by atoms with Gasteiger partial charge in [-0.05, 0) is 18.2 Å². The first-order valence-electron chi connectivity index (χ1n) is 8.05. The number of alkyl halides is 6. The minimum absolute atomic E-state index is 0.0204. The van der Waals surface area contributed by atoms with Gasteiger partial charge < -0.3 is 0 Å². The molecule has 1 aliphatic heterocycles. The van der Waals surface area contributed by atoms with Crippen LogP contribution in [-0.4, -0.2) is 20.3 Å². The second-order valence-electron chi connectivity index (χ2n) is 6.17. The van der Waals surface area contributed by atoms with Gasteiger partial charge in [0.25, 0.3) is 5.56 Å². The average molecular weight is 453 g/mol. The highest BCUT2D eigenvalue weighted by Crippen LogP contribution is 2.47. The van der Waals surface area contributed by atoms with Crippen molar-refractivity contribution in [2.75, 3.05) is 5.75 Å². The van der Waals surface area contributed by atoms with Crippen LogP contribution in [0.15, 0.2) is 25.9 Å². The number of thiazole rings is 1. The summed E-state index contributed by atoms with van der Waals surface area (Å²) >= 11 is 1.39. The van der Waals surface area contributed by atoms with Gasteiger partial charge >= 0.3 is 18.0 Å². The predicted octanol–water partition coefficient (Wildman–Crippen LogP) is 4.35. The number of hydrogen-bond acceptors (Lipinski definition) is 5. The molecule has 3 heterocycles. The second kappa shape index (κ2) is 6.62. The maximum atomic E-state index is 13.8. The number of nitrogens with zero attached hydrogens (tertiary/aromatic N) is 2. The number of benzene rings is 1. The van der Waals surface area contributed by atoms with Crippen LogP contribution in [0, 0.1) is 0 Å². The molecule has 1 aromatic carbocycles. The van der Waals surface area contributed by atoms with Crippen LogP contribution in [0.4, 0.5) is 26.3 Å². The molecule has 0 bridgehead atoms. The summed E-state index contributed by atoms with van der Waals surface area (Å²) in [6, 6.07) is 0.573. The molecule has 0 saturated carbocycles. The van der Waals surface area contributed by atoms with Gasteiger partial charge in [-0.2, -0.15) is 26.3 Å². The van der Waals surface area contributed by atoms with Crippen molar-refractivity contribution in [3.8, 4) is 10.6 Å². The summed E-state index contributed by atoms with van der Waals surface area (Å²) < 4.78 is 81.5. The molecule has 1 N–H and O–H groups in total. The molecular weight excluding hydrogens is 444 g/mol. The lowest BCUT2D eigenvalue weighted by Crippen LogP contribution is -2.30. The topological polar surface area (TPSA) is 67.8 Å². The molecule has 0 saturated heterocycles. The Labute approximate surface area is 165 Å². The lowest BCUT2D eigenvalue weighted by atomic mass is 10.0. The van der Waals surface area contributed by atoms with Crippen molar-refractivity contribution in [3.63, 3.8) is 0 Å². The van der Waals surface area contributed by atoms with Gasteiger partial charge in [0, 0.05) is 22.4 Å². The van der Waals surface area contributed by atoms with E-state index in [9.17, 15) is 35.9 Å². The fourth-order valence-electron chi connectivity index (χ4n) is 3.13. The minimum atomic E-state index is -4.95. The summed E-state index contributed by atoms with van der Waals surface area (Å²) in [7, 11) is 0. The third-order valence-electron chi connectivity index (χ3n) is 4.32. The first-order valence-corrected chi connectivity index (χ1v) is 9.92. The molecule has 154 valence electrons. The number of aromatic amines is 1. The number of H-pyrrole nitrogens is 1. The second-order valence-corrected chi connectivity index (χ2v) is 8.13. The largest absolute Gasteiger partial charge is 0.434 e. The number of thioether (sulfide) groups is 1. The molecule has 3 aromatic rings. The summed E-state index contributed by atoms with van der Waals surface area (Å²) in [5, 5.41) is -0.188. The van der Waals surface area contributed by atoms with Crippen molar-refractivity contribution in [2.45, 2.75) is 30.2 Å². The van der Waals surface area contributed by atoms with Gasteiger partial charge in [0.15, 0.2) is 5.69 Å². The Kier molecular flexibility index (Phi) is 4.57. The number of aryl methyl sites for hydroxylation is 1. The highest BCUT2D eigenvalue weighted by Gasteiger charge is 2.40. The number of halogens is 6. The highest BCUT2D eigenvalue weighted by molar-refractivity contribution is 7.99. The lowest BCUT2D eigenvalue weighted by molar-refractivity contribution is -0.140. The molecule has 29 heavy (non-hydrogen) atoms. The summed E-state index contributed by atoms with van der Waals surface area (Å²) in [5.74, 6) is 0.316. The van der Waals surface area contributed by atoms with Crippen molar-refractivity contribution < 1.29 is 26.3 Å². The van der Waals surface area contributed by atoms with E-state index < -0.39 is 45.4 Å². The molecule has 0 unspecified atom stereocenters. The Hall–Kier alpha value is -2.28. The van der Waals surface area contributed by atoms with E-state index in [0.29, 0.717) is 35.0 Å². The fraction of sp³-hybridized carbons (Fsp3) is 0.312. The van der Waals surface area contributed by atoms with E-state index in [-0.39, 0.29) is 22.3 Å². The number of hydrogen-bond donors (Lipinski definition) is 1. The Morgan fingerprint density at radius 2 is 1.83 bits per heavy atom. The molecule has 13 heteroatoms. The number of rotatable bonds is 1.